The third-order valence-corrected chi connectivity index (χ3v) is 6.30. The molecular formula is C14H17N2OS2+. The topological polar surface area (TPSA) is 25.4 Å². The highest BCUT2D eigenvalue weighted by molar-refractivity contribution is 8.19. The molecule has 0 bridgehead atoms. The zero-order chi connectivity index (χ0) is 13.2. The second-order valence-electron chi connectivity index (χ2n) is 4.59. The second-order valence-corrected chi connectivity index (χ2v) is 7.31. The van der Waals surface area contributed by atoms with Crippen LogP contribution in [0, 0.1) is 0 Å². The number of hydrogen-bond acceptors (Lipinski definition) is 3. The summed E-state index contributed by atoms with van der Waals surface area (Å²) in [5.41, 5.74) is 2.05. The number of hydrogen-bond donors (Lipinski definition) is 0. The van der Waals surface area contributed by atoms with E-state index in [2.05, 4.69) is 17.7 Å². The maximum Gasteiger partial charge on any atom is 0.347 e. The average Bonchev–Trinajstić information content (AvgIpc) is 2.96. The van der Waals surface area contributed by atoms with Gasteiger partial charge in [0.05, 0.1) is 17.3 Å². The van der Waals surface area contributed by atoms with Gasteiger partial charge < -0.3 is 0 Å². The summed E-state index contributed by atoms with van der Waals surface area (Å²) in [5.74, 6) is 2.28. The smallest absolute Gasteiger partial charge is 0.240 e. The molecule has 3 rings (SSSR count). The molecule has 1 aliphatic heterocycles. The molecule has 3 nitrogen and oxygen atoms in total. The van der Waals surface area contributed by atoms with E-state index < -0.39 is 0 Å². The summed E-state index contributed by atoms with van der Waals surface area (Å²) in [6.45, 7) is 3.11. The Kier molecular flexibility index (Phi) is 3.84. The molecule has 19 heavy (non-hydrogen) atoms. The first-order valence-corrected chi connectivity index (χ1v) is 8.68. The fourth-order valence-corrected chi connectivity index (χ4v) is 5.23. The lowest BCUT2D eigenvalue weighted by atomic mass is 10.3. The lowest BCUT2D eigenvalue weighted by Gasteiger charge is -2.09. The molecule has 0 atom stereocenters. The first-order chi connectivity index (χ1) is 9.31. The van der Waals surface area contributed by atoms with E-state index in [0.29, 0.717) is 4.58 Å². The summed E-state index contributed by atoms with van der Waals surface area (Å²) in [6, 6.07) is 5.92. The molecular weight excluding hydrogens is 276 g/mol. The lowest BCUT2D eigenvalue weighted by molar-refractivity contribution is -0.675. The lowest BCUT2D eigenvalue weighted by Crippen LogP contribution is -2.41. The number of aryl methyl sites for hydroxylation is 1. The van der Waals surface area contributed by atoms with Crippen molar-refractivity contribution in [3.05, 3.63) is 46.5 Å². The largest absolute Gasteiger partial charge is 0.347 e. The molecule has 100 valence electrons. The summed E-state index contributed by atoms with van der Waals surface area (Å²) in [7, 11) is 0. The van der Waals surface area contributed by atoms with Crippen molar-refractivity contribution in [3.63, 3.8) is 0 Å². The predicted octanol–water partition coefficient (Wildman–Crippen LogP) is 2.48. The molecule has 1 fully saturated rings. The van der Waals surface area contributed by atoms with Gasteiger partial charge in [0.1, 0.15) is 11.8 Å². The Morgan fingerprint density at radius 2 is 2.16 bits per heavy atom. The molecule has 0 unspecified atom stereocenters. The van der Waals surface area contributed by atoms with Crippen molar-refractivity contribution < 1.29 is 4.57 Å². The minimum Gasteiger partial charge on any atom is -0.240 e. The molecule has 2 aromatic rings. The number of fused-ring (bicyclic) bond motifs is 1. The predicted molar refractivity (Wildman–Crippen MR) is 81.8 cm³/mol. The second kappa shape index (κ2) is 5.59. The standard InChI is InChI=1S/C14H17N2OS2/c1-2-6-15-10-11(14-18-8-9-19-14)13(17)16-7-4-3-5-12(15)16/h3-5,7,10,14H,2,6,8-9H2,1H3/q+1. The molecule has 3 heterocycles. The van der Waals surface area contributed by atoms with E-state index in [9.17, 15) is 4.79 Å². The number of aromatic nitrogens is 2. The number of rotatable bonds is 3. The summed E-state index contributed by atoms with van der Waals surface area (Å²) in [6.07, 6.45) is 5.01. The van der Waals surface area contributed by atoms with Gasteiger partial charge in [0.2, 0.25) is 0 Å². The maximum atomic E-state index is 12.6. The van der Waals surface area contributed by atoms with Gasteiger partial charge in [0.15, 0.2) is 0 Å². The Labute approximate surface area is 121 Å². The van der Waals surface area contributed by atoms with Crippen molar-refractivity contribution in [2.45, 2.75) is 24.5 Å². The molecule has 0 aliphatic carbocycles. The van der Waals surface area contributed by atoms with Crippen LogP contribution < -0.4 is 10.1 Å². The highest BCUT2D eigenvalue weighted by Gasteiger charge is 2.26. The molecule has 0 aromatic carbocycles. The summed E-state index contributed by atoms with van der Waals surface area (Å²) >= 11 is 3.76. The van der Waals surface area contributed by atoms with Crippen LogP contribution in [0.1, 0.15) is 23.5 Å². The quantitative estimate of drug-likeness (QED) is 0.813. The van der Waals surface area contributed by atoms with E-state index in [4.69, 9.17) is 0 Å². The average molecular weight is 293 g/mol. The first-order valence-electron chi connectivity index (χ1n) is 6.58. The molecule has 0 N–H and O–H groups in total. The van der Waals surface area contributed by atoms with Crippen LogP contribution in [0.15, 0.2) is 35.4 Å². The van der Waals surface area contributed by atoms with Crippen LogP contribution >= 0.6 is 23.5 Å². The Morgan fingerprint density at radius 3 is 2.89 bits per heavy atom. The summed E-state index contributed by atoms with van der Waals surface area (Å²) in [4.78, 5) is 12.6. The number of pyridine rings is 1. The normalized spacial score (nSPS) is 16.3. The monoisotopic (exact) mass is 293 g/mol. The van der Waals surface area contributed by atoms with Crippen LogP contribution in [-0.4, -0.2) is 15.9 Å². The van der Waals surface area contributed by atoms with Gasteiger partial charge in [-0.2, -0.15) is 4.40 Å². The molecule has 2 aromatic heterocycles. The Bertz CT molecular complexity index is 647. The van der Waals surface area contributed by atoms with Crippen LogP contribution in [0.25, 0.3) is 5.65 Å². The summed E-state index contributed by atoms with van der Waals surface area (Å²) < 4.78 is 4.29. The van der Waals surface area contributed by atoms with Gasteiger partial charge in [0.25, 0.3) is 5.65 Å². The summed E-state index contributed by atoms with van der Waals surface area (Å²) in [5, 5.41) is 0. The zero-order valence-electron chi connectivity index (χ0n) is 10.9. The van der Waals surface area contributed by atoms with Crippen molar-refractivity contribution >= 4 is 29.2 Å². The van der Waals surface area contributed by atoms with Crippen LogP contribution in [0.5, 0.6) is 0 Å². The van der Waals surface area contributed by atoms with E-state index in [0.717, 1.165) is 35.7 Å². The zero-order valence-corrected chi connectivity index (χ0v) is 12.5. The fourth-order valence-electron chi connectivity index (χ4n) is 2.39. The molecule has 1 saturated heterocycles. The molecule has 0 spiro atoms. The van der Waals surface area contributed by atoms with E-state index in [1.54, 1.807) is 4.40 Å². The van der Waals surface area contributed by atoms with E-state index in [1.807, 2.05) is 47.9 Å². The first kappa shape index (κ1) is 13.1. The van der Waals surface area contributed by atoms with Gasteiger partial charge in [-0.1, -0.05) is 13.0 Å². The van der Waals surface area contributed by atoms with Gasteiger partial charge in [-0.25, -0.2) is 9.36 Å². The van der Waals surface area contributed by atoms with Crippen molar-refractivity contribution in [1.29, 1.82) is 0 Å². The molecule has 1 aliphatic rings. The van der Waals surface area contributed by atoms with Crippen molar-refractivity contribution in [1.82, 2.24) is 4.40 Å². The fraction of sp³-hybridized carbons (Fsp3) is 0.429. The molecule has 5 heteroatoms. The van der Waals surface area contributed by atoms with Gasteiger partial charge in [-0.05, 0) is 12.5 Å². The van der Waals surface area contributed by atoms with Crippen LogP contribution in [0.3, 0.4) is 0 Å². The Morgan fingerprint density at radius 1 is 1.37 bits per heavy atom. The maximum absolute atomic E-state index is 12.6. The van der Waals surface area contributed by atoms with E-state index in [1.165, 1.54) is 0 Å². The SMILES string of the molecule is CCC[n+]1cc(C2SCCS2)c(=O)n2ccccc21. The number of nitrogens with zero attached hydrogens (tertiary/aromatic N) is 2. The van der Waals surface area contributed by atoms with Gasteiger partial charge in [-0.3, -0.25) is 0 Å². The van der Waals surface area contributed by atoms with Gasteiger partial charge >= 0.3 is 5.56 Å². The van der Waals surface area contributed by atoms with Gasteiger partial charge in [0, 0.05) is 17.6 Å². The van der Waals surface area contributed by atoms with Crippen molar-refractivity contribution in [3.8, 4) is 0 Å². The Hall–Kier alpha value is -0.940. The van der Waals surface area contributed by atoms with E-state index >= 15 is 0 Å². The third-order valence-electron chi connectivity index (χ3n) is 3.23. The molecule has 0 radical (unpaired) electrons. The van der Waals surface area contributed by atoms with Crippen LogP contribution in [0.4, 0.5) is 0 Å². The minimum absolute atomic E-state index is 0.134. The van der Waals surface area contributed by atoms with Crippen LogP contribution in [-0.2, 0) is 6.54 Å². The highest BCUT2D eigenvalue weighted by atomic mass is 32.2. The van der Waals surface area contributed by atoms with Crippen molar-refractivity contribution in [2.75, 3.05) is 11.5 Å². The van der Waals surface area contributed by atoms with Crippen LogP contribution in [0.2, 0.25) is 0 Å². The number of thioether (sulfide) groups is 2. The third kappa shape index (κ3) is 2.41. The molecule has 0 saturated carbocycles. The Balaban J connectivity index is 2.22. The van der Waals surface area contributed by atoms with E-state index in [-0.39, 0.29) is 5.56 Å². The highest BCUT2D eigenvalue weighted by Crippen LogP contribution is 2.43. The molecule has 0 amide bonds. The van der Waals surface area contributed by atoms with Crippen molar-refractivity contribution in [2.24, 2.45) is 0 Å². The minimum atomic E-state index is 0.134. The van der Waals surface area contributed by atoms with Gasteiger partial charge in [-0.15, -0.1) is 23.5 Å².